The molecule has 2 bridgehead atoms. The minimum absolute atomic E-state index is 0.377. The average molecular weight is 166 g/mol. The van der Waals surface area contributed by atoms with Crippen molar-refractivity contribution in [2.75, 3.05) is 13.2 Å². The van der Waals surface area contributed by atoms with E-state index in [2.05, 4.69) is 12.2 Å². The second kappa shape index (κ2) is 2.57. The second-order valence-electron chi connectivity index (χ2n) is 3.96. The van der Waals surface area contributed by atoms with Crippen molar-refractivity contribution in [1.82, 2.24) is 0 Å². The Morgan fingerprint density at radius 1 is 0.833 bits per heavy atom. The first-order chi connectivity index (χ1) is 5.95. The summed E-state index contributed by atoms with van der Waals surface area (Å²) in [7, 11) is 0. The Morgan fingerprint density at radius 2 is 1.33 bits per heavy atom. The minimum Gasteiger partial charge on any atom is -0.372 e. The van der Waals surface area contributed by atoms with Gasteiger partial charge in [0.05, 0.1) is 25.4 Å². The smallest absolute Gasteiger partial charge is 0.0905 e. The Labute approximate surface area is 72.5 Å². The quantitative estimate of drug-likeness (QED) is 0.506. The van der Waals surface area contributed by atoms with E-state index >= 15 is 0 Å². The Hall–Kier alpha value is -0.340. The summed E-state index contributed by atoms with van der Waals surface area (Å²) in [5.74, 6) is 1.28. The molecule has 1 saturated heterocycles. The molecule has 0 aromatic heterocycles. The highest BCUT2D eigenvalue weighted by Crippen LogP contribution is 2.40. The summed E-state index contributed by atoms with van der Waals surface area (Å²) < 4.78 is 11.5. The van der Waals surface area contributed by atoms with Gasteiger partial charge < -0.3 is 9.47 Å². The largest absolute Gasteiger partial charge is 0.372 e. The molecule has 3 aliphatic carbocycles. The SMILES string of the molecule is C1=CC2CCC1C1OCCOC21. The molecule has 0 radical (unpaired) electrons. The van der Waals surface area contributed by atoms with Gasteiger partial charge in [0.25, 0.3) is 0 Å². The molecule has 4 unspecified atom stereocenters. The summed E-state index contributed by atoms with van der Waals surface area (Å²) in [5.41, 5.74) is 0. The van der Waals surface area contributed by atoms with Crippen molar-refractivity contribution in [3.05, 3.63) is 12.2 Å². The van der Waals surface area contributed by atoms with Gasteiger partial charge in [-0.3, -0.25) is 0 Å². The Kier molecular flexibility index (Phi) is 1.52. The molecule has 12 heavy (non-hydrogen) atoms. The molecule has 1 aliphatic heterocycles. The molecule has 0 aromatic rings. The third-order valence-electron chi connectivity index (χ3n) is 3.31. The van der Waals surface area contributed by atoms with Gasteiger partial charge in [0.2, 0.25) is 0 Å². The number of hydrogen-bond donors (Lipinski definition) is 0. The third kappa shape index (κ3) is 0.882. The molecule has 0 aromatic carbocycles. The normalized spacial score (nSPS) is 50.7. The Morgan fingerprint density at radius 3 is 1.75 bits per heavy atom. The fourth-order valence-electron chi connectivity index (χ4n) is 2.70. The van der Waals surface area contributed by atoms with Crippen LogP contribution in [0.25, 0.3) is 0 Å². The van der Waals surface area contributed by atoms with Crippen LogP contribution >= 0.6 is 0 Å². The lowest BCUT2D eigenvalue weighted by molar-refractivity contribution is -0.184. The van der Waals surface area contributed by atoms with Crippen molar-refractivity contribution in [1.29, 1.82) is 0 Å². The molecule has 0 spiro atoms. The molecule has 2 nitrogen and oxygen atoms in total. The molecule has 1 saturated carbocycles. The van der Waals surface area contributed by atoms with Gasteiger partial charge in [-0.25, -0.2) is 0 Å². The standard InChI is InChI=1S/C10H14O2/c1-2-8-4-3-7(1)9-10(8)12-6-5-11-9/h1-2,7-10H,3-6H2. The Bertz CT molecular complexity index is 190. The number of ether oxygens (including phenoxy) is 2. The molecule has 2 heteroatoms. The van der Waals surface area contributed by atoms with Gasteiger partial charge in [0.15, 0.2) is 0 Å². The number of fused-ring (bicyclic) bond motifs is 1. The number of rotatable bonds is 0. The molecule has 0 N–H and O–H groups in total. The van der Waals surface area contributed by atoms with Gasteiger partial charge in [0, 0.05) is 11.8 Å². The summed E-state index contributed by atoms with van der Waals surface area (Å²) in [5, 5.41) is 0. The van der Waals surface area contributed by atoms with E-state index in [-0.39, 0.29) is 0 Å². The first-order valence-electron chi connectivity index (χ1n) is 4.87. The van der Waals surface area contributed by atoms with Crippen LogP contribution in [0.4, 0.5) is 0 Å². The van der Waals surface area contributed by atoms with Crippen LogP contribution in [0.3, 0.4) is 0 Å². The lowest BCUT2D eigenvalue weighted by Crippen LogP contribution is -2.51. The number of hydrogen-bond acceptors (Lipinski definition) is 2. The summed E-state index contributed by atoms with van der Waals surface area (Å²) in [4.78, 5) is 0. The third-order valence-corrected chi connectivity index (χ3v) is 3.31. The molecule has 4 rings (SSSR count). The van der Waals surface area contributed by atoms with E-state index in [9.17, 15) is 0 Å². The van der Waals surface area contributed by atoms with Gasteiger partial charge in [-0.2, -0.15) is 0 Å². The van der Waals surface area contributed by atoms with Crippen LogP contribution in [0, 0.1) is 11.8 Å². The zero-order valence-electron chi connectivity index (χ0n) is 7.11. The summed E-state index contributed by atoms with van der Waals surface area (Å²) in [6, 6.07) is 0. The monoisotopic (exact) mass is 166 g/mol. The maximum Gasteiger partial charge on any atom is 0.0905 e. The van der Waals surface area contributed by atoms with Gasteiger partial charge in [-0.1, -0.05) is 12.2 Å². The van der Waals surface area contributed by atoms with Gasteiger partial charge in [-0.15, -0.1) is 0 Å². The molecule has 1 heterocycles. The first kappa shape index (κ1) is 7.10. The van der Waals surface area contributed by atoms with Crippen LogP contribution < -0.4 is 0 Å². The van der Waals surface area contributed by atoms with E-state index in [0.29, 0.717) is 24.0 Å². The highest BCUT2D eigenvalue weighted by molar-refractivity contribution is 5.12. The zero-order valence-corrected chi connectivity index (χ0v) is 7.11. The van der Waals surface area contributed by atoms with E-state index in [1.807, 2.05) is 0 Å². The van der Waals surface area contributed by atoms with Crippen LogP contribution in [0.2, 0.25) is 0 Å². The zero-order chi connectivity index (χ0) is 7.97. The topological polar surface area (TPSA) is 18.5 Å². The molecule has 4 atom stereocenters. The molecule has 66 valence electrons. The average Bonchev–Trinajstić information content (AvgIpc) is 2.20. The van der Waals surface area contributed by atoms with Crippen molar-refractivity contribution < 1.29 is 9.47 Å². The van der Waals surface area contributed by atoms with E-state index < -0.39 is 0 Å². The van der Waals surface area contributed by atoms with Crippen molar-refractivity contribution in [2.45, 2.75) is 25.0 Å². The van der Waals surface area contributed by atoms with Crippen LogP contribution in [-0.4, -0.2) is 25.4 Å². The molecule has 4 aliphatic rings. The second-order valence-corrected chi connectivity index (χ2v) is 3.96. The van der Waals surface area contributed by atoms with E-state index in [1.54, 1.807) is 0 Å². The predicted octanol–water partition coefficient (Wildman–Crippen LogP) is 1.37. The van der Waals surface area contributed by atoms with Crippen LogP contribution in [0.1, 0.15) is 12.8 Å². The highest BCUT2D eigenvalue weighted by Gasteiger charge is 2.43. The summed E-state index contributed by atoms with van der Waals surface area (Å²) in [6.45, 7) is 1.58. The van der Waals surface area contributed by atoms with Crippen LogP contribution in [0.5, 0.6) is 0 Å². The first-order valence-corrected chi connectivity index (χ1v) is 4.87. The van der Waals surface area contributed by atoms with Crippen molar-refractivity contribution in [3.63, 3.8) is 0 Å². The molecular weight excluding hydrogens is 152 g/mol. The van der Waals surface area contributed by atoms with Gasteiger partial charge in [0.1, 0.15) is 0 Å². The van der Waals surface area contributed by atoms with Crippen LogP contribution in [-0.2, 0) is 9.47 Å². The summed E-state index contributed by atoms with van der Waals surface area (Å²) in [6.07, 6.45) is 8.00. The molecule has 2 fully saturated rings. The van der Waals surface area contributed by atoms with E-state index in [1.165, 1.54) is 12.8 Å². The molecular formula is C10H14O2. The Balaban J connectivity index is 1.90. The van der Waals surface area contributed by atoms with Crippen molar-refractivity contribution in [2.24, 2.45) is 11.8 Å². The molecule has 0 amide bonds. The fraction of sp³-hybridized carbons (Fsp3) is 0.800. The summed E-state index contributed by atoms with van der Waals surface area (Å²) >= 11 is 0. The van der Waals surface area contributed by atoms with Gasteiger partial charge >= 0.3 is 0 Å². The predicted molar refractivity (Wildman–Crippen MR) is 44.8 cm³/mol. The van der Waals surface area contributed by atoms with Crippen LogP contribution in [0.15, 0.2) is 12.2 Å². The van der Waals surface area contributed by atoms with Crippen molar-refractivity contribution >= 4 is 0 Å². The van der Waals surface area contributed by atoms with Gasteiger partial charge in [-0.05, 0) is 12.8 Å². The maximum absolute atomic E-state index is 5.74. The lowest BCUT2D eigenvalue weighted by Gasteiger charge is -2.46. The van der Waals surface area contributed by atoms with E-state index in [4.69, 9.17) is 9.47 Å². The van der Waals surface area contributed by atoms with E-state index in [0.717, 1.165) is 13.2 Å². The fourth-order valence-corrected chi connectivity index (χ4v) is 2.70. The highest BCUT2D eigenvalue weighted by atomic mass is 16.6. The van der Waals surface area contributed by atoms with Crippen molar-refractivity contribution in [3.8, 4) is 0 Å². The maximum atomic E-state index is 5.74. The minimum atomic E-state index is 0.377. The lowest BCUT2D eigenvalue weighted by atomic mass is 9.72.